The van der Waals surface area contributed by atoms with Gasteiger partial charge in [0.2, 0.25) is 5.91 Å². The van der Waals surface area contributed by atoms with E-state index in [4.69, 9.17) is 19.7 Å². The molecule has 1 aromatic heterocycles. The van der Waals surface area contributed by atoms with Crippen LogP contribution in [0.3, 0.4) is 0 Å². The van der Waals surface area contributed by atoms with E-state index in [9.17, 15) is 19.7 Å². The molecule has 3 rings (SSSR count). The van der Waals surface area contributed by atoms with Gasteiger partial charge >= 0.3 is 6.16 Å². The Balaban J connectivity index is 1.63. The number of amides is 1. The highest BCUT2D eigenvalue weighted by atomic mass is 16.7. The summed E-state index contributed by atoms with van der Waals surface area (Å²) in [5.74, 6) is 0.379. The van der Waals surface area contributed by atoms with Crippen molar-refractivity contribution in [1.29, 1.82) is 0 Å². The number of benzene rings is 1. The molecular weight excluding hydrogens is 450 g/mol. The normalized spacial score (nSPS) is 13.1. The lowest BCUT2D eigenvalue weighted by Gasteiger charge is -2.36. The van der Waals surface area contributed by atoms with Crippen molar-refractivity contribution < 1.29 is 28.7 Å². The van der Waals surface area contributed by atoms with E-state index in [2.05, 4.69) is 15.0 Å². The van der Waals surface area contributed by atoms with Gasteiger partial charge in [-0.3, -0.25) is 14.9 Å². The number of nitrogens with zero attached hydrogens (tertiary/aromatic N) is 7. The molecule has 2 heterocycles. The number of hydrogen-bond acceptors (Lipinski definition) is 10. The van der Waals surface area contributed by atoms with Gasteiger partial charge in [-0.25, -0.2) is 9.78 Å². The lowest BCUT2D eigenvalue weighted by atomic mass is 10.2. The minimum atomic E-state index is -1.01. The number of rotatable bonds is 8. The molecule has 0 atom stereocenters. The summed E-state index contributed by atoms with van der Waals surface area (Å²) in [6.07, 6.45) is -1.01. The largest absolute Gasteiger partial charge is 0.514 e. The number of anilines is 1. The Morgan fingerprint density at radius 1 is 1.18 bits per heavy atom. The second-order valence-electron chi connectivity index (χ2n) is 7.03. The van der Waals surface area contributed by atoms with E-state index in [-0.39, 0.29) is 30.6 Å². The first-order chi connectivity index (χ1) is 16.4. The number of pyridine rings is 1. The highest BCUT2D eigenvalue weighted by Crippen LogP contribution is 2.28. The molecule has 0 unspecified atom stereocenters. The van der Waals surface area contributed by atoms with Gasteiger partial charge in [0.1, 0.15) is 24.8 Å². The summed E-state index contributed by atoms with van der Waals surface area (Å²) < 4.78 is 15.0. The van der Waals surface area contributed by atoms with E-state index < -0.39 is 11.1 Å². The number of hydrogen-bond donors (Lipinski definition) is 0. The van der Waals surface area contributed by atoms with Gasteiger partial charge in [-0.2, -0.15) is 0 Å². The summed E-state index contributed by atoms with van der Waals surface area (Å²) in [4.78, 5) is 44.9. The lowest BCUT2D eigenvalue weighted by Crippen LogP contribution is -2.50. The zero-order chi connectivity index (χ0) is 24.5. The van der Waals surface area contributed by atoms with Crippen LogP contribution in [0.15, 0.2) is 41.5 Å². The third kappa shape index (κ3) is 6.31. The molecule has 1 amide bonds. The minimum Gasteiger partial charge on any atom is -0.427 e. The highest BCUT2D eigenvalue weighted by molar-refractivity contribution is 5.78. The Bertz CT molecular complexity index is 1090. The molecule has 1 aromatic carbocycles. The fourth-order valence-electron chi connectivity index (χ4n) is 3.20. The lowest BCUT2D eigenvalue weighted by molar-refractivity contribution is -0.384. The number of nitro groups is 1. The second kappa shape index (κ2) is 11.4. The number of azide groups is 1. The van der Waals surface area contributed by atoms with E-state index >= 15 is 0 Å². The molecule has 1 aliphatic rings. The van der Waals surface area contributed by atoms with Gasteiger partial charge in [-0.1, -0.05) is 5.11 Å². The first-order valence-corrected chi connectivity index (χ1v) is 10.1. The second-order valence-corrected chi connectivity index (χ2v) is 7.03. The molecule has 0 aliphatic carbocycles. The maximum absolute atomic E-state index is 12.0. The monoisotopic (exact) mass is 471 g/mol. The van der Waals surface area contributed by atoms with E-state index in [1.54, 1.807) is 17.0 Å². The van der Waals surface area contributed by atoms with Crippen molar-refractivity contribution in [3.8, 4) is 5.75 Å². The fourth-order valence-corrected chi connectivity index (χ4v) is 3.20. The zero-order valence-electron chi connectivity index (χ0n) is 18.2. The highest BCUT2D eigenvalue weighted by Gasteiger charge is 2.23. The van der Waals surface area contributed by atoms with Crippen LogP contribution < -0.4 is 9.64 Å². The van der Waals surface area contributed by atoms with E-state index in [1.165, 1.54) is 31.4 Å². The molecular formula is C20H21N7O7. The molecule has 14 heteroatoms. The van der Waals surface area contributed by atoms with Crippen LogP contribution in [0.2, 0.25) is 0 Å². The van der Waals surface area contributed by atoms with Crippen LogP contribution in [0.4, 0.5) is 22.0 Å². The predicted octanol–water partition coefficient (Wildman–Crippen LogP) is 2.94. The van der Waals surface area contributed by atoms with Gasteiger partial charge in [-0.15, -0.1) is 0 Å². The van der Waals surface area contributed by atoms with Crippen molar-refractivity contribution in [1.82, 2.24) is 9.88 Å². The Morgan fingerprint density at radius 2 is 1.88 bits per heavy atom. The van der Waals surface area contributed by atoms with Gasteiger partial charge in [0, 0.05) is 50.3 Å². The average molecular weight is 471 g/mol. The summed E-state index contributed by atoms with van der Waals surface area (Å²) in [5, 5.41) is 14.4. The molecule has 0 radical (unpaired) electrons. The molecule has 178 valence electrons. The Hall–Kier alpha value is -4.42. The molecule has 0 N–H and O–H groups in total. The number of carbonyl (C=O) groups is 2. The number of ether oxygens (including phenoxy) is 3. The minimum absolute atomic E-state index is 0.00498. The first-order valence-electron chi connectivity index (χ1n) is 10.1. The summed E-state index contributed by atoms with van der Waals surface area (Å²) in [6, 6.07) is 8.07. The maximum Gasteiger partial charge on any atom is 0.514 e. The molecule has 2 aromatic rings. The van der Waals surface area contributed by atoms with Crippen LogP contribution in [0.5, 0.6) is 5.75 Å². The molecule has 0 saturated carbocycles. The van der Waals surface area contributed by atoms with Crippen molar-refractivity contribution in [2.24, 2.45) is 5.11 Å². The van der Waals surface area contributed by atoms with Gasteiger partial charge in [0.15, 0.2) is 0 Å². The number of non-ortho nitro benzene ring substituents is 1. The number of nitro benzene ring substituents is 1. The number of carbonyl (C=O) groups excluding carboxylic acids is 2. The van der Waals surface area contributed by atoms with Crippen LogP contribution in [0.1, 0.15) is 5.69 Å². The van der Waals surface area contributed by atoms with Crippen LogP contribution in [0.25, 0.3) is 10.4 Å². The van der Waals surface area contributed by atoms with E-state index in [0.29, 0.717) is 43.4 Å². The molecule has 0 spiro atoms. The van der Waals surface area contributed by atoms with E-state index in [0.717, 1.165) is 0 Å². The molecule has 14 nitrogen and oxygen atoms in total. The van der Waals surface area contributed by atoms with Crippen molar-refractivity contribution in [3.63, 3.8) is 0 Å². The van der Waals surface area contributed by atoms with Crippen molar-refractivity contribution in [2.75, 3.05) is 44.8 Å². The van der Waals surface area contributed by atoms with Crippen LogP contribution in [-0.4, -0.2) is 66.8 Å². The Labute approximate surface area is 193 Å². The molecule has 1 fully saturated rings. The molecule has 0 bridgehead atoms. The fraction of sp³-hybridized carbons (Fsp3) is 0.350. The number of methoxy groups -OCH3 is 1. The molecule has 1 saturated heterocycles. The van der Waals surface area contributed by atoms with E-state index in [1.807, 2.05) is 4.90 Å². The van der Waals surface area contributed by atoms with Crippen LogP contribution >= 0.6 is 0 Å². The Kier molecular flexibility index (Phi) is 8.16. The summed E-state index contributed by atoms with van der Waals surface area (Å²) in [5.41, 5.74) is 9.42. The summed E-state index contributed by atoms with van der Waals surface area (Å²) in [6.45, 7) is 1.60. The quantitative estimate of drug-likeness (QED) is 0.107. The van der Waals surface area contributed by atoms with Crippen LogP contribution in [0, 0.1) is 10.1 Å². The Morgan fingerprint density at radius 3 is 2.50 bits per heavy atom. The van der Waals surface area contributed by atoms with Crippen molar-refractivity contribution in [2.45, 2.75) is 6.61 Å². The van der Waals surface area contributed by atoms with Gasteiger partial charge in [0.25, 0.3) is 5.69 Å². The first kappa shape index (κ1) is 24.2. The zero-order valence-corrected chi connectivity index (χ0v) is 18.2. The topological polar surface area (TPSA) is 173 Å². The van der Waals surface area contributed by atoms with Crippen molar-refractivity contribution in [3.05, 3.63) is 62.6 Å². The van der Waals surface area contributed by atoms with Gasteiger partial charge in [-0.05, 0) is 29.8 Å². The SMILES string of the molecule is COCC(=O)N1CCN(c2nc(COC(=O)Oc3ccc([N+](=O)[O-])cc3)ccc2N=[N+]=[N-])CC1. The van der Waals surface area contributed by atoms with Crippen molar-refractivity contribution >= 4 is 29.3 Å². The summed E-state index contributed by atoms with van der Waals surface area (Å²) in [7, 11) is 1.46. The van der Waals surface area contributed by atoms with Gasteiger partial charge < -0.3 is 24.0 Å². The van der Waals surface area contributed by atoms with Gasteiger partial charge in [0.05, 0.1) is 16.3 Å². The average Bonchev–Trinajstić information content (AvgIpc) is 2.84. The third-order valence-corrected chi connectivity index (χ3v) is 4.85. The standard InChI is InChI=1S/C20H21N7O7/c1-32-13-18(28)25-8-10-26(11-9-25)19-17(23-24-21)7-2-14(22-19)12-33-20(29)34-16-5-3-15(4-6-16)27(30)31/h2-7H,8-13H2,1H3. The van der Waals surface area contributed by atoms with Crippen LogP contribution in [-0.2, 0) is 20.9 Å². The molecule has 1 aliphatic heterocycles. The predicted molar refractivity (Wildman–Crippen MR) is 118 cm³/mol. The smallest absolute Gasteiger partial charge is 0.427 e. The molecule has 34 heavy (non-hydrogen) atoms. The number of aromatic nitrogens is 1. The third-order valence-electron chi connectivity index (χ3n) is 4.85. The number of piperazine rings is 1. The summed E-state index contributed by atoms with van der Waals surface area (Å²) >= 11 is 0. The maximum atomic E-state index is 12.0.